The second kappa shape index (κ2) is 8.70. The number of hydrogen-bond acceptors (Lipinski definition) is 3. The lowest BCUT2D eigenvalue weighted by molar-refractivity contribution is 0.627. The van der Waals surface area contributed by atoms with E-state index in [9.17, 15) is 4.39 Å². The minimum Gasteiger partial charge on any atom is -0.377 e. The third-order valence-corrected chi connectivity index (χ3v) is 4.29. The quantitative estimate of drug-likeness (QED) is 0.364. The van der Waals surface area contributed by atoms with Gasteiger partial charge >= 0.3 is 0 Å². The SMILES string of the molecule is NC(=NN=Cc1cc(F)ccc1CBr)SCc1ccccc1. The van der Waals surface area contributed by atoms with Crippen LogP contribution in [0.3, 0.4) is 0 Å². The largest absolute Gasteiger partial charge is 0.377 e. The zero-order chi connectivity index (χ0) is 15.8. The maximum atomic E-state index is 13.2. The minimum absolute atomic E-state index is 0.304. The predicted octanol–water partition coefficient (Wildman–Crippen LogP) is 4.30. The molecule has 0 heterocycles. The second-order valence-corrected chi connectivity index (χ2v) is 5.99. The van der Waals surface area contributed by atoms with Crippen molar-refractivity contribution in [3.8, 4) is 0 Å². The van der Waals surface area contributed by atoms with Gasteiger partial charge in [0.15, 0.2) is 5.17 Å². The van der Waals surface area contributed by atoms with E-state index in [0.717, 1.165) is 11.3 Å². The van der Waals surface area contributed by atoms with Crippen molar-refractivity contribution in [3.05, 3.63) is 71.0 Å². The van der Waals surface area contributed by atoms with Crippen LogP contribution in [0.1, 0.15) is 16.7 Å². The molecule has 0 atom stereocenters. The summed E-state index contributed by atoms with van der Waals surface area (Å²) < 4.78 is 13.2. The van der Waals surface area contributed by atoms with Crippen LogP contribution >= 0.6 is 27.7 Å². The molecule has 2 aromatic carbocycles. The molecule has 0 amide bonds. The Balaban J connectivity index is 1.97. The minimum atomic E-state index is -0.304. The Morgan fingerprint density at radius 2 is 2.00 bits per heavy atom. The highest BCUT2D eigenvalue weighted by Crippen LogP contribution is 2.14. The van der Waals surface area contributed by atoms with Crippen molar-refractivity contribution in [3.63, 3.8) is 0 Å². The van der Waals surface area contributed by atoms with E-state index in [-0.39, 0.29) is 5.82 Å². The Kier molecular flexibility index (Phi) is 6.61. The number of benzene rings is 2. The first kappa shape index (κ1) is 16.7. The van der Waals surface area contributed by atoms with E-state index in [1.165, 1.54) is 35.7 Å². The molecular formula is C16H15BrFN3S. The summed E-state index contributed by atoms with van der Waals surface area (Å²) >= 11 is 4.76. The van der Waals surface area contributed by atoms with Crippen LogP contribution in [0.25, 0.3) is 0 Å². The fraction of sp³-hybridized carbons (Fsp3) is 0.125. The Morgan fingerprint density at radius 3 is 2.73 bits per heavy atom. The molecule has 22 heavy (non-hydrogen) atoms. The Labute approximate surface area is 141 Å². The summed E-state index contributed by atoms with van der Waals surface area (Å²) in [5, 5.41) is 8.86. The lowest BCUT2D eigenvalue weighted by atomic mass is 10.1. The van der Waals surface area contributed by atoms with Crippen LogP contribution < -0.4 is 5.73 Å². The van der Waals surface area contributed by atoms with Crippen LogP contribution in [0.4, 0.5) is 4.39 Å². The van der Waals surface area contributed by atoms with E-state index >= 15 is 0 Å². The molecule has 0 aliphatic carbocycles. The predicted molar refractivity (Wildman–Crippen MR) is 96.0 cm³/mol. The van der Waals surface area contributed by atoms with Gasteiger partial charge in [-0.3, -0.25) is 0 Å². The molecule has 0 aromatic heterocycles. The van der Waals surface area contributed by atoms with Crippen molar-refractivity contribution in [2.24, 2.45) is 15.9 Å². The summed E-state index contributed by atoms with van der Waals surface area (Å²) in [5.74, 6) is 0.430. The standard InChI is InChI=1S/C16H15BrFN3S/c17-9-13-6-7-15(18)8-14(13)10-20-21-16(19)22-11-12-4-2-1-3-5-12/h1-8,10H,9,11H2,(H2,19,21). The average molecular weight is 380 g/mol. The van der Waals surface area contributed by atoms with Gasteiger partial charge in [0, 0.05) is 16.6 Å². The molecule has 0 spiro atoms. The van der Waals surface area contributed by atoms with Gasteiger partial charge in [0.05, 0.1) is 6.21 Å². The third kappa shape index (κ3) is 5.27. The Bertz CT molecular complexity index is 674. The molecule has 2 N–H and O–H groups in total. The summed E-state index contributed by atoms with van der Waals surface area (Å²) in [6.07, 6.45) is 1.51. The van der Waals surface area contributed by atoms with Crippen LogP contribution in [0.15, 0.2) is 58.7 Å². The number of halogens is 2. The van der Waals surface area contributed by atoms with E-state index < -0.39 is 0 Å². The first-order valence-electron chi connectivity index (χ1n) is 6.56. The average Bonchev–Trinajstić information content (AvgIpc) is 2.54. The Morgan fingerprint density at radius 1 is 1.23 bits per heavy atom. The van der Waals surface area contributed by atoms with Gasteiger partial charge in [-0.2, -0.15) is 5.10 Å². The molecule has 0 saturated heterocycles. The van der Waals surface area contributed by atoms with E-state index in [4.69, 9.17) is 5.73 Å². The fourth-order valence-corrected chi connectivity index (χ4v) is 2.84. The molecule has 2 aromatic rings. The monoisotopic (exact) mass is 379 g/mol. The molecule has 0 bridgehead atoms. The van der Waals surface area contributed by atoms with Gasteiger partial charge in [-0.25, -0.2) is 4.39 Å². The molecule has 3 nitrogen and oxygen atoms in total. The highest BCUT2D eigenvalue weighted by atomic mass is 79.9. The van der Waals surface area contributed by atoms with Gasteiger partial charge < -0.3 is 5.73 Å². The lowest BCUT2D eigenvalue weighted by Gasteiger charge is -2.01. The van der Waals surface area contributed by atoms with Gasteiger partial charge in [-0.15, -0.1) is 5.10 Å². The first-order chi connectivity index (χ1) is 10.7. The number of alkyl halides is 1. The Hall–Kier alpha value is -1.66. The van der Waals surface area contributed by atoms with Crippen molar-refractivity contribution >= 4 is 39.1 Å². The molecule has 0 fully saturated rings. The van der Waals surface area contributed by atoms with Gasteiger partial charge in [0.2, 0.25) is 0 Å². The van der Waals surface area contributed by atoms with E-state index in [1.807, 2.05) is 30.3 Å². The summed E-state index contributed by atoms with van der Waals surface area (Å²) in [6.45, 7) is 0. The second-order valence-electron chi connectivity index (χ2n) is 4.43. The number of nitrogens with zero attached hydrogens (tertiary/aromatic N) is 2. The molecular weight excluding hydrogens is 365 g/mol. The van der Waals surface area contributed by atoms with Crippen molar-refractivity contribution in [1.82, 2.24) is 0 Å². The molecule has 2 rings (SSSR count). The summed E-state index contributed by atoms with van der Waals surface area (Å²) in [4.78, 5) is 0. The fourth-order valence-electron chi connectivity index (χ4n) is 1.72. The zero-order valence-electron chi connectivity index (χ0n) is 11.7. The number of rotatable bonds is 5. The zero-order valence-corrected chi connectivity index (χ0v) is 14.1. The van der Waals surface area contributed by atoms with E-state index in [1.54, 1.807) is 6.07 Å². The van der Waals surface area contributed by atoms with Crippen LogP contribution in [0, 0.1) is 5.82 Å². The molecule has 0 saturated carbocycles. The third-order valence-electron chi connectivity index (χ3n) is 2.83. The van der Waals surface area contributed by atoms with Crippen molar-refractivity contribution in [2.45, 2.75) is 11.1 Å². The van der Waals surface area contributed by atoms with E-state index in [0.29, 0.717) is 16.1 Å². The number of hydrogen-bond donors (Lipinski definition) is 1. The molecule has 0 unspecified atom stereocenters. The summed E-state index contributed by atoms with van der Waals surface area (Å²) in [7, 11) is 0. The highest BCUT2D eigenvalue weighted by Gasteiger charge is 2.01. The van der Waals surface area contributed by atoms with Crippen LogP contribution in [-0.4, -0.2) is 11.4 Å². The summed E-state index contributed by atoms with van der Waals surface area (Å²) in [6, 6.07) is 14.5. The smallest absolute Gasteiger partial charge is 0.180 e. The van der Waals surface area contributed by atoms with Crippen molar-refractivity contribution < 1.29 is 4.39 Å². The normalized spacial score (nSPS) is 12.0. The number of nitrogens with two attached hydrogens (primary N) is 1. The van der Waals surface area contributed by atoms with Crippen molar-refractivity contribution in [1.29, 1.82) is 0 Å². The van der Waals surface area contributed by atoms with Gasteiger partial charge in [0.25, 0.3) is 0 Å². The van der Waals surface area contributed by atoms with Gasteiger partial charge in [0.1, 0.15) is 5.82 Å². The molecule has 6 heteroatoms. The number of amidine groups is 1. The maximum Gasteiger partial charge on any atom is 0.180 e. The highest BCUT2D eigenvalue weighted by molar-refractivity contribution is 9.08. The lowest BCUT2D eigenvalue weighted by Crippen LogP contribution is -2.06. The van der Waals surface area contributed by atoms with E-state index in [2.05, 4.69) is 26.1 Å². The first-order valence-corrected chi connectivity index (χ1v) is 8.67. The van der Waals surface area contributed by atoms with Gasteiger partial charge in [-0.1, -0.05) is 64.1 Å². The molecule has 0 aliphatic heterocycles. The summed E-state index contributed by atoms with van der Waals surface area (Å²) in [5.41, 5.74) is 8.59. The molecule has 0 radical (unpaired) electrons. The topological polar surface area (TPSA) is 50.7 Å². The molecule has 114 valence electrons. The number of thioether (sulfide) groups is 1. The molecule has 0 aliphatic rings. The maximum absolute atomic E-state index is 13.2. The van der Waals surface area contributed by atoms with Crippen LogP contribution in [-0.2, 0) is 11.1 Å². The van der Waals surface area contributed by atoms with Crippen LogP contribution in [0.5, 0.6) is 0 Å². The van der Waals surface area contributed by atoms with Crippen molar-refractivity contribution in [2.75, 3.05) is 0 Å². The van der Waals surface area contributed by atoms with Gasteiger partial charge in [-0.05, 0) is 23.3 Å². The van der Waals surface area contributed by atoms with Crippen LogP contribution in [0.2, 0.25) is 0 Å².